The van der Waals surface area contributed by atoms with Crippen molar-refractivity contribution >= 4 is 0 Å². The summed E-state index contributed by atoms with van der Waals surface area (Å²) >= 11 is 0. The fraction of sp³-hybridized carbons (Fsp3) is 0.500. The van der Waals surface area contributed by atoms with E-state index in [1.165, 1.54) is 13.2 Å². The smallest absolute Gasteiger partial charge is 0.165 e. The summed E-state index contributed by atoms with van der Waals surface area (Å²) < 4.78 is 18.4. The van der Waals surface area contributed by atoms with Gasteiger partial charge >= 0.3 is 0 Å². The molecular weight excluding hydrogens is 207 g/mol. The quantitative estimate of drug-likeness (QED) is 0.812. The van der Waals surface area contributed by atoms with Gasteiger partial charge in [-0.25, -0.2) is 4.39 Å². The highest BCUT2D eigenvalue weighted by molar-refractivity contribution is 5.30. The highest BCUT2D eigenvalue weighted by Crippen LogP contribution is 2.22. The van der Waals surface area contributed by atoms with Gasteiger partial charge in [-0.3, -0.25) is 0 Å². The third-order valence-electron chi connectivity index (χ3n) is 2.94. The van der Waals surface area contributed by atoms with E-state index in [0.717, 1.165) is 18.7 Å². The monoisotopic (exact) mass is 224 g/mol. The van der Waals surface area contributed by atoms with Crippen molar-refractivity contribution in [2.45, 2.75) is 19.0 Å². The highest BCUT2D eigenvalue weighted by atomic mass is 19.1. The molecule has 1 unspecified atom stereocenters. The van der Waals surface area contributed by atoms with E-state index in [-0.39, 0.29) is 11.9 Å². The molecule has 1 aliphatic heterocycles. The van der Waals surface area contributed by atoms with Crippen LogP contribution in [0.3, 0.4) is 0 Å². The zero-order valence-corrected chi connectivity index (χ0v) is 9.59. The van der Waals surface area contributed by atoms with Crippen molar-refractivity contribution < 1.29 is 9.13 Å². The van der Waals surface area contributed by atoms with Crippen molar-refractivity contribution in [3.05, 3.63) is 29.6 Å². The molecular formula is C12H17FN2O. The summed E-state index contributed by atoms with van der Waals surface area (Å²) in [4.78, 5) is 0. The first-order chi connectivity index (χ1) is 7.70. The lowest BCUT2D eigenvalue weighted by atomic mass is 10.1. The van der Waals surface area contributed by atoms with Crippen molar-refractivity contribution in [1.29, 1.82) is 0 Å². The molecule has 1 aliphatic rings. The lowest BCUT2D eigenvalue weighted by Crippen LogP contribution is -2.55. The van der Waals surface area contributed by atoms with Crippen LogP contribution in [0.2, 0.25) is 0 Å². The predicted octanol–water partition coefficient (Wildman–Crippen LogP) is 1.46. The van der Waals surface area contributed by atoms with Crippen LogP contribution in [0.4, 0.5) is 4.39 Å². The zero-order chi connectivity index (χ0) is 11.5. The topological polar surface area (TPSA) is 33.3 Å². The summed E-state index contributed by atoms with van der Waals surface area (Å²) in [6.07, 6.45) is 0. The second-order valence-electron chi connectivity index (χ2n) is 4.14. The second kappa shape index (κ2) is 4.80. The molecule has 1 fully saturated rings. The maximum atomic E-state index is 13.5. The van der Waals surface area contributed by atoms with Crippen LogP contribution in [0.5, 0.6) is 5.75 Å². The van der Waals surface area contributed by atoms with Crippen LogP contribution in [0.15, 0.2) is 18.2 Å². The maximum Gasteiger partial charge on any atom is 0.165 e. The highest BCUT2D eigenvalue weighted by Gasteiger charge is 2.19. The molecule has 0 radical (unpaired) electrons. The molecule has 0 aromatic heterocycles. The average Bonchev–Trinajstić information content (AvgIpc) is 2.23. The van der Waals surface area contributed by atoms with Crippen molar-refractivity contribution in [2.75, 3.05) is 20.2 Å². The Labute approximate surface area is 95.0 Å². The summed E-state index contributed by atoms with van der Waals surface area (Å²) in [6, 6.07) is 5.75. The summed E-state index contributed by atoms with van der Waals surface area (Å²) in [5.41, 5.74) is 0.949. The van der Waals surface area contributed by atoms with Gasteiger partial charge in [-0.2, -0.15) is 0 Å². The Morgan fingerprint density at radius 2 is 2.25 bits per heavy atom. The van der Waals surface area contributed by atoms with E-state index in [4.69, 9.17) is 4.74 Å². The van der Waals surface area contributed by atoms with Gasteiger partial charge in [0.1, 0.15) is 0 Å². The third kappa shape index (κ3) is 2.33. The molecule has 88 valence electrons. The minimum atomic E-state index is -0.305. The van der Waals surface area contributed by atoms with Crippen LogP contribution in [-0.2, 0) is 0 Å². The van der Waals surface area contributed by atoms with Gasteiger partial charge in [0.25, 0.3) is 0 Å². The molecule has 0 aliphatic carbocycles. The van der Waals surface area contributed by atoms with E-state index < -0.39 is 0 Å². The van der Waals surface area contributed by atoms with Crippen molar-refractivity contribution in [1.82, 2.24) is 10.6 Å². The van der Waals surface area contributed by atoms with E-state index in [1.807, 2.05) is 13.0 Å². The van der Waals surface area contributed by atoms with E-state index >= 15 is 0 Å². The number of rotatable bonds is 4. The fourth-order valence-corrected chi connectivity index (χ4v) is 1.81. The lowest BCUT2D eigenvalue weighted by molar-refractivity contribution is 0.337. The molecule has 3 nitrogen and oxygen atoms in total. The van der Waals surface area contributed by atoms with Gasteiger partial charge < -0.3 is 15.4 Å². The third-order valence-corrected chi connectivity index (χ3v) is 2.94. The lowest BCUT2D eigenvalue weighted by Gasteiger charge is -2.31. The summed E-state index contributed by atoms with van der Waals surface area (Å²) in [5.74, 6) is -0.0124. The van der Waals surface area contributed by atoms with Gasteiger partial charge in [0.15, 0.2) is 11.6 Å². The Bertz CT molecular complexity index is 366. The van der Waals surface area contributed by atoms with Crippen LogP contribution in [0.1, 0.15) is 18.5 Å². The second-order valence-corrected chi connectivity index (χ2v) is 4.14. The van der Waals surface area contributed by atoms with Gasteiger partial charge in [-0.1, -0.05) is 6.07 Å². The standard InChI is InChI=1S/C12H17FN2O/c1-8(15-10-6-14-7-10)9-3-4-12(16-2)11(13)5-9/h3-5,8,10,14-15H,6-7H2,1-2H3. The molecule has 0 bridgehead atoms. The largest absolute Gasteiger partial charge is 0.494 e. The Morgan fingerprint density at radius 3 is 2.75 bits per heavy atom. The van der Waals surface area contributed by atoms with Gasteiger partial charge in [0, 0.05) is 25.2 Å². The summed E-state index contributed by atoms with van der Waals surface area (Å²) in [5, 5.41) is 6.62. The van der Waals surface area contributed by atoms with Gasteiger partial charge in [0.2, 0.25) is 0 Å². The Morgan fingerprint density at radius 1 is 1.50 bits per heavy atom. The van der Waals surface area contributed by atoms with Crippen molar-refractivity contribution in [2.24, 2.45) is 0 Å². The van der Waals surface area contributed by atoms with Crippen LogP contribution in [0, 0.1) is 5.82 Å². The number of hydrogen-bond acceptors (Lipinski definition) is 3. The molecule has 1 aromatic rings. The normalized spacial score (nSPS) is 17.9. The molecule has 0 spiro atoms. The summed E-state index contributed by atoms with van der Waals surface area (Å²) in [7, 11) is 1.47. The zero-order valence-electron chi connectivity index (χ0n) is 9.59. The van der Waals surface area contributed by atoms with Crippen LogP contribution in [-0.4, -0.2) is 26.2 Å². The number of benzene rings is 1. The number of ether oxygens (including phenoxy) is 1. The van der Waals surface area contributed by atoms with Crippen molar-refractivity contribution in [3.63, 3.8) is 0 Å². The first-order valence-electron chi connectivity index (χ1n) is 5.51. The number of nitrogens with one attached hydrogen (secondary N) is 2. The Kier molecular flexibility index (Phi) is 3.41. The van der Waals surface area contributed by atoms with Crippen LogP contribution >= 0.6 is 0 Å². The van der Waals surface area contributed by atoms with E-state index in [1.54, 1.807) is 6.07 Å². The van der Waals surface area contributed by atoms with Crippen LogP contribution in [0.25, 0.3) is 0 Å². The van der Waals surface area contributed by atoms with Crippen molar-refractivity contribution in [3.8, 4) is 5.75 Å². The fourth-order valence-electron chi connectivity index (χ4n) is 1.81. The first-order valence-corrected chi connectivity index (χ1v) is 5.51. The predicted molar refractivity (Wildman–Crippen MR) is 61.2 cm³/mol. The van der Waals surface area contributed by atoms with Gasteiger partial charge in [0.05, 0.1) is 7.11 Å². The molecule has 1 atom stereocenters. The van der Waals surface area contributed by atoms with E-state index in [2.05, 4.69) is 10.6 Å². The molecule has 0 saturated carbocycles. The molecule has 2 N–H and O–H groups in total. The number of halogens is 1. The van der Waals surface area contributed by atoms with Gasteiger partial charge in [-0.15, -0.1) is 0 Å². The molecule has 4 heteroatoms. The first kappa shape index (κ1) is 11.4. The van der Waals surface area contributed by atoms with E-state index in [9.17, 15) is 4.39 Å². The minimum absolute atomic E-state index is 0.160. The Balaban J connectivity index is 2.04. The molecule has 1 aromatic carbocycles. The molecule has 16 heavy (non-hydrogen) atoms. The molecule has 0 amide bonds. The minimum Gasteiger partial charge on any atom is -0.494 e. The molecule has 1 saturated heterocycles. The van der Waals surface area contributed by atoms with Crippen LogP contribution < -0.4 is 15.4 Å². The summed E-state index contributed by atoms with van der Waals surface area (Å²) in [6.45, 7) is 4.02. The number of hydrogen-bond donors (Lipinski definition) is 2. The van der Waals surface area contributed by atoms with E-state index in [0.29, 0.717) is 11.8 Å². The van der Waals surface area contributed by atoms with Gasteiger partial charge in [-0.05, 0) is 24.6 Å². The maximum absolute atomic E-state index is 13.5. The SMILES string of the molecule is COc1ccc(C(C)NC2CNC2)cc1F. The molecule has 1 heterocycles. The Hall–Kier alpha value is -1.13. The number of methoxy groups -OCH3 is 1. The average molecular weight is 224 g/mol. The molecule has 2 rings (SSSR count).